The Labute approximate surface area is 149 Å². The fourth-order valence-corrected chi connectivity index (χ4v) is 2.72. The Balaban J connectivity index is 1.56. The molecule has 4 aromatic rings. The highest BCUT2D eigenvalue weighted by Gasteiger charge is 2.12. The van der Waals surface area contributed by atoms with Gasteiger partial charge in [0.1, 0.15) is 5.65 Å². The Morgan fingerprint density at radius 2 is 1.88 bits per heavy atom. The van der Waals surface area contributed by atoms with E-state index in [1.165, 1.54) is 18.3 Å². The maximum atomic E-state index is 13.6. The fourth-order valence-electron chi connectivity index (χ4n) is 2.72. The smallest absolute Gasteiger partial charge is 0.260 e. The van der Waals surface area contributed by atoms with E-state index in [0.29, 0.717) is 5.69 Å². The van der Waals surface area contributed by atoms with Crippen LogP contribution in [0.1, 0.15) is 15.9 Å². The molecule has 0 aliphatic heterocycles. The Hall–Kier alpha value is -3.54. The summed E-state index contributed by atoms with van der Waals surface area (Å²) in [5.74, 6) is -1.33. The maximum Gasteiger partial charge on any atom is 0.260 e. The lowest BCUT2D eigenvalue weighted by Crippen LogP contribution is -2.14. The number of anilines is 1. The van der Waals surface area contributed by atoms with Gasteiger partial charge in [0.2, 0.25) is 5.95 Å². The zero-order chi connectivity index (χ0) is 18.1. The molecule has 26 heavy (non-hydrogen) atoms. The van der Waals surface area contributed by atoms with Crippen molar-refractivity contribution >= 4 is 17.2 Å². The predicted molar refractivity (Wildman–Crippen MR) is 97.5 cm³/mol. The van der Waals surface area contributed by atoms with Crippen LogP contribution in [0.15, 0.2) is 67.1 Å². The van der Waals surface area contributed by atoms with Crippen molar-refractivity contribution in [3.8, 4) is 11.3 Å². The lowest BCUT2D eigenvalue weighted by molar-refractivity contribution is 0.102. The van der Waals surface area contributed by atoms with Gasteiger partial charge in [0.15, 0.2) is 0 Å². The van der Waals surface area contributed by atoms with Crippen molar-refractivity contribution < 1.29 is 9.18 Å². The van der Waals surface area contributed by atoms with Crippen LogP contribution in [0.2, 0.25) is 0 Å². The summed E-state index contributed by atoms with van der Waals surface area (Å²) in [4.78, 5) is 20.2. The zero-order valence-corrected chi connectivity index (χ0v) is 14.0. The monoisotopic (exact) mass is 346 g/mol. The number of amides is 1. The minimum absolute atomic E-state index is 0.0905. The van der Waals surface area contributed by atoms with E-state index in [9.17, 15) is 9.18 Å². The van der Waals surface area contributed by atoms with Crippen LogP contribution in [0.25, 0.3) is 16.9 Å². The Morgan fingerprint density at radius 1 is 1.08 bits per heavy atom. The summed E-state index contributed by atoms with van der Waals surface area (Å²) >= 11 is 0. The lowest BCUT2D eigenvalue weighted by Gasteiger charge is -2.06. The number of fused-ring (bicyclic) bond motifs is 1. The van der Waals surface area contributed by atoms with Crippen molar-refractivity contribution in [3.63, 3.8) is 0 Å². The molecule has 128 valence electrons. The number of nitrogens with one attached hydrogen (secondary N) is 1. The molecule has 1 amide bonds. The van der Waals surface area contributed by atoms with E-state index >= 15 is 0 Å². The molecular formula is C20H15FN4O. The molecule has 1 aromatic carbocycles. The highest BCUT2D eigenvalue weighted by molar-refractivity contribution is 6.04. The van der Waals surface area contributed by atoms with Gasteiger partial charge in [-0.2, -0.15) is 4.39 Å². The van der Waals surface area contributed by atoms with Gasteiger partial charge in [-0.15, -0.1) is 0 Å². The molecule has 0 aliphatic carbocycles. The number of hydrogen-bond donors (Lipinski definition) is 1. The third kappa shape index (κ3) is 3.04. The molecule has 0 atom stereocenters. The topological polar surface area (TPSA) is 59.3 Å². The van der Waals surface area contributed by atoms with E-state index in [2.05, 4.69) is 15.3 Å². The molecule has 3 aromatic heterocycles. The van der Waals surface area contributed by atoms with Gasteiger partial charge < -0.3 is 9.72 Å². The van der Waals surface area contributed by atoms with Crippen LogP contribution in [0.3, 0.4) is 0 Å². The number of hydrogen-bond acceptors (Lipinski definition) is 3. The summed E-state index contributed by atoms with van der Waals surface area (Å²) in [6, 6.07) is 14.1. The van der Waals surface area contributed by atoms with E-state index in [-0.39, 0.29) is 5.56 Å². The number of benzene rings is 1. The summed E-state index contributed by atoms with van der Waals surface area (Å²) in [6.07, 6.45) is 5.28. The lowest BCUT2D eigenvalue weighted by atomic mass is 10.1. The Kier molecular flexibility index (Phi) is 3.93. The number of nitrogens with zero attached hydrogens (tertiary/aromatic N) is 3. The van der Waals surface area contributed by atoms with Crippen molar-refractivity contribution in [3.05, 3.63) is 84.2 Å². The summed E-state index contributed by atoms with van der Waals surface area (Å²) < 4.78 is 15.6. The molecule has 0 fully saturated rings. The normalized spacial score (nSPS) is 10.8. The third-order valence-corrected chi connectivity index (χ3v) is 4.04. The van der Waals surface area contributed by atoms with Gasteiger partial charge in [-0.05, 0) is 42.8 Å². The van der Waals surface area contributed by atoms with Crippen LogP contribution in [-0.4, -0.2) is 20.3 Å². The van der Waals surface area contributed by atoms with E-state index in [4.69, 9.17) is 0 Å². The number of halogens is 1. The van der Waals surface area contributed by atoms with Gasteiger partial charge in [-0.3, -0.25) is 4.79 Å². The minimum atomic E-state index is -0.790. The summed E-state index contributed by atoms with van der Waals surface area (Å²) in [7, 11) is 0. The molecule has 0 unspecified atom stereocenters. The largest absolute Gasteiger partial charge is 0.322 e. The van der Waals surface area contributed by atoms with Gasteiger partial charge in [-0.1, -0.05) is 18.2 Å². The molecule has 0 bridgehead atoms. The van der Waals surface area contributed by atoms with Crippen LogP contribution in [0.4, 0.5) is 10.1 Å². The first-order chi connectivity index (χ1) is 12.6. The van der Waals surface area contributed by atoms with E-state index in [1.54, 1.807) is 12.1 Å². The molecule has 0 aliphatic rings. The van der Waals surface area contributed by atoms with Gasteiger partial charge in [0.05, 0.1) is 11.3 Å². The number of aryl methyl sites for hydroxylation is 1. The minimum Gasteiger partial charge on any atom is -0.322 e. The van der Waals surface area contributed by atoms with Crippen molar-refractivity contribution in [2.45, 2.75) is 6.92 Å². The quantitative estimate of drug-likeness (QED) is 0.568. The highest BCUT2D eigenvalue weighted by atomic mass is 19.1. The first-order valence-corrected chi connectivity index (χ1v) is 8.08. The second kappa shape index (κ2) is 6.40. The average molecular weight is 346 g/mol. The number of carbonyl (C=O) groups excluding carboxylic acids is 1. The maximum absolute atomic E-state index is 13.6. The molecule has 0 saturated heterocycles. The van der Waals surface area contributed by atoms with Crippen molar-refractivity contribution in [2.24, 2.45) is 0 Å². The zero-order valence-electron chi connectivity index (χ0n) is 14.0. The number of carbonyl (C=O) groups is 1. The van der Waals surface area contributed by atoms with Gasteiger partial charge in [-0.25, -0.2) is 9.97 Å². The van der Waals surface area contributed by atoms with Crippen LogP contribution < -0.4 is 5.32 Å². The van der Waals surface area contributed by atoms with Crippen LogP contribution >= 0.6 is 0 Å². The first-order valence-electron chi connectivity index (χ1n) is 8.08. The predicted octanol–water partition coefficient (Wildman–Crippen LogP) is 4.10. The van der Waals surface area contributed by atoms with Gasteiger partial charge in [0.25, 0.3) is 5.91 Å². The molecule has 3 heterocycles. The summed E-state index contributed by atoms with van der Waals surface area (Å²) in [6.45, 7) is 2.03. The molecule has 0 spiro atoms. The second-order valence-electron chi connectivity index (χ2n) is 5.97. The number of imidazole rings is 1. The Bertz CT molecular complexity index is 1100. The van der Waals surface area contributed by atoms with Gasteiger partial charge >= 0.3 is 0 Å². The van der Waals surface area contributed by atoms with Crippen LogP contribution in [0, 0.1) is 12.9 Å². The van der Waals surface area contributed by atoms with Crippen molar-refractivity contribution in [1.29, 1.82) is 0 Å². The van der Waals surface area contributed by atoms with Crippen LogP contribution in [0.5, 0.6) is 0 Å². The van der Waals surface area contributed by atoms with Gasteiger partial charge in [0, 0.05) is 29.8 Å². The summed E-state index contributed by atoms with van der Waals surface area (Å²) in [5.41, 5.74) is 4.27. The summed E-state index contributed by atoms with van der Waals surface area (Å²) in [5, 5.41) is 2.67. The van der Waals surface area contributed by atoms with E-state index < -0.39 is 11.9 Å². The number of pyridine rings is 2. The Morgan fingerprint density at radius 3 is 2.65 bits per heavy atom. The average Bonchev–Trinajstić information content (AvgIpc) is 3.05. The standard InChI is InChI=1S/C20H15FN4O/c1-13-4-9-18-24-17(12-25(18)11-13)14-5-7-15(8-6-14)23-20(26)16-3-2-10-22-19(16)21/h2-12H,1H3,(H,23,26). The SMILES string of the molecule is Cc1ccc2nc(-c3ccc(NC(=O)c4cccnc4F)cc3)cn2c1. The number of rotatable bonds is 3. The molecule has 6 heteroatoms. The number of aromatic nitrogens is 3. The molecule has 4 rings (SSSR count). The van der Waals surface area contributed by atoms with Crippen molar-refractivity contribution in [1.82, 2.24) is 14.4 Å². The van der Waals surface area contributed by atoms with Crippen LogP contribution in [-0.2, 0) is 0 Å². The fraction of sp³-hybridized carbons (Fsp3) is 0.0500. The highest BCUT2D eigenvalue weighted by Crippen LogP contribution is 2.22. The molecule has 0 saturated carbocycles. The molecule has 0 radical (unpaired) electrons. The van der Waals surface area contributed by atoms with E-state index in [0.717, 1.165) is 22.5 Å². The third-order valence-electron chi connectivity index (χ3n) is 4.04. The molecular weight excluding hydrogens is 331 g/mol. The van der Waals surface area contributed by atoms with E-state index in [1.807, 2.05) is 48.0 Å². The molecule has 5 nitrogen and oxygen atoms in total. The van der Waals surface area contributed by atoms with Crippen molar-refractivity contribution in [2.75, 3.05) is 5.32 Å². The molecule has 1 N–H and O–H groups in total. The second-order valence-corrected chi connectivity index (χ2v) is 5.97. The first kappa shape index (κ1) is 16.0.